The number of hydrogen-bond donors (Lipinski definition) is 1. The van der Waals surface area contributed by atoms with E-state index in [0.717, 1.165) is 12.3 Å². The third kappa shape index (κ3) is 3.64. The summed E-state index contributed by atoms with van der Waals surface area (Å²) in [4.78, 5) is 0. The predicted molar refractivity (Wildman–Crippen MR) is 86.7 cm³/mol. The second kappa shape index (κ2) is 6.77. The Balaban J connectivity index is 1.52. The van der Waals surface area contributed by atoms with Crippen LogP contribution in [0.1, 0.15) is 36.3 Å². The van der Waals surface area contributed by atoms with Crippen LogP contribution in [0.4, 0.5) is 0 Å². The molecule has 0 amide bonds. The molecule has 1 aliphatic carbocycles. The van der Waals surface area contributed by atoms with E-state index in [9.17, 15) is 0 Å². The van der Waals surface area contributed by atoms with Gasteiger partial charge in [0, 0.05) is 12.6 Å². The van der Waals surface area contributed by atoms with Crippen LogP contribution in [0.15, 0.2) is 54.6 Å². The molecule has 0 saturated heterocycles. The Labute approximate surface area is 127 Å². The van der Waals surface area contributed by atoms with E-state index in [-0.39, 0.29) is 0 Å². The number of benzene rings is 2. The molecule has 3 rings (SSSR count). The zero-order valence-corrected chi connectivity index (χ0v) is 12.6. The molecule has 21 heavy (non-hydrogen) atoms. The van der Waals surface area contributed by atoms with Gasteiger partial charge in [0.1, 0.15) is 5.75 Å². The van der Waals surface area contributed by atoms with E-state index in [0.29, 0.717) is 12.0 Å². The molecular formula is C19H23NO. The highest BCUT2D eigenvalue weighted by molar-refractivity contribution is 5.30. The number of hydrogen-bond acceptors (Lipinski definition) is 2. The van der Waals surface area contributed by atoms with Crippen LogP contribution in [0.3, 0.4) is 0 Å². The molecule has 2 unspecified atom stereocenters. The summed E-state index contributed by atoms with van der Waals surface area (Å²) in [5.74, 6) is 1.62. The average molecular weight is 281 g/mol. The van der Waals surface area contributed by atoms with Crippen LogP contribution in [0.2, 0.25) is 0 Å². The van der Waals surface area contributed by atoms with E-state index >= 15 is 0 Å². The van der Waals surface area contributed by atoms with Crippen molar-refractivity contribution in [3.63, 3.8) is 0 Å². The smallest absolute Gasteiger partial charge is 0.118 e. The van der Waals surface area contributed by atoms with Gasteiger partial charge in [0.15, 0.2) is 0 Å². The van der Waals surface area contributed by atoms with Crippen molar-refractivity contribution < 1.29 is 4.74 Å². The normalized spacial score (nSPS) is 21.4. The highest BCUT2D eigenvalue weighted by Crippen LogP contribution is 2.35. The molecule has 0 spiro atoms. The van der Waals surface area contributed by atoms with Gasteiger partial charge in [-0.1, -0.05) is 42.5 Å². The van der Waals surface area contributed by atoms with E-state index in [4.69, 9.17) is 4.74 Å². The summed E-state index contributed by atoms with van der Waals surface area (Å²) in [6.45, 7) is 0.973. The van der Waals surface area contributed by atoms with Crippen LogP contribution in [-0.2, 0) is 6.54 Å². The fraction of sp³-hybridized carbons (Fsp3) is 0.368. The molecular weight excluding hydrogens is 258 g/mol. The van der Waals surface area contributed by atoms with Crippen molar-refractivity contribution in [2.75, 3.05) is 7.11 Å². The molecule has 0 aromatic heterocycles. The van der Waals surface area contributed by atoms with E-state index in [1.807, 2.05) is 0 Å². The fourth-order valence-corrected chi connectivity index (χ4v) is 3.20. The number of methoxy groups -OCH3 is 1. The molecule has 2 aromatic rings. The Morgan fingerprint density at radius 2 is 1.76 bits per heavy atom. The Hall–Kier alpha value is -1.80. The molecule has 2 heteroatoms. The zero-order valence-electron chi connectivity index (χ0n) is 12.6. The lowest BCUT2D eigenvalue weighted by molar-refractivity contribution is 0.414. The lowest BCUT2D eigenvalue weighted by Gasteiger charge is -2.14. The standard InChI is InChI=1S/C19H23NO/c1-21-19-11-8-16(9-12-19)17-7-10-18(13-17)20-14-15-5-3-2-4-6-15/h2-6,8-9,11-12,17-18,20H,7,10,13-14H2,1H3. The minimum atomic E-state index is 0.636. The van der Waals surface area contributed by atoms with Crippen molar-refractivity contribution in [3.8, 4) is 5.75 Å². The van der Waals surface area contributed by atoms with Gasteiger partial charge in [0.25, 0.3) is 0 Å². The number of ether oxygens (including phenoxy) is 1. The maximum Gasteiger partial charge on any atom is 0.118 e. The van der Waals surface area contributed by atoms with Crippen LogP contribution in [-0.4, -0.2) is 13.2 Å². The van der Waals surface area contributed by atoms with E-state index in [1.165, 1.54) is 30.4 Å². The summed E-state index contributed by atoms with van der Waals surface area (Å²) in [6, 6.07) is 19.8. The van der Waals surface area contributed by atoms with Gasteiger partial charge in [-0.3, -0.25) is 0 Å². The summed E-state index contributed by atoms with van der Waals surface area (Å²) >= 11 is 0. The monoisotopic (exact) mass is 281 g/mol. The molecule has 0 bridgehead atoms. The molecule has 2 nitrogen and oxygen atoms in total. The predicted octanol–water partition coefficient (Wildman–Crippen LogP) is 4.12. The van der Waals surface area contributed by atoms with Gasteiger partial charge in [0.2, 0.25) is 0 Å². The largest absolute Gasteiger partial charge is 0.497 e. The van der Waals surface area contributed by atoms with Gasteiger partial charge >= 0.3 is 0 Å². The van der Waals surface area contributed by atoms with Crippen LogP contribution >= 0.6 is 0 Å². The number of nitrogens with one attached hydrogen (secondary N) is 1. The summed E-state index contributed by atoms with van der Waals surface area (Å²) in [5, 5.41) is 3.70. The minimum Gasteiger partial charge on any atom is -0.497 e. The molecule has 1 N–H and O–H groups in total. The Morgan fingerprint density at radius 1 is 1.00 bits per heavy atom. The molecule has 0 aliphatic heterocycles. The summed E-state index contributed by atoms with van der Waals surface area (Å²) in [7, 11) is 1.72. The lowest BCUT2D eigenvalue weighted by Crippen LogP contribution is -2.25. The van der Waals surface area contributed by atoms with E-state index in [2.05, 4.69) is 59.9 Å². The van der Waals surface area contributed by atoms with Crippen molar-refractivity contribution >= 4 is 0 Å². The quantitative estimate of drug-likeness (QED) is 0.890. The fourth-order valence-electron chi connectivity index (χ4n) is 3.20. The SMILES string of the molecule is COc1ccc(C2CCC(NCc3ccccc3)C2)cc1. The van der Waals surface area contributed by atoms with Crippen molar-refractivity contribution in [1.29, 1.82) is 0 Å². The molecule has 1 saturated carbocycles. The van der Waals surface area contributed by atoms with Gasteiger partial charge in [-0.05, 0) is 48.4 Å². The molecule has 2 atom stereocenters. The van der Waals surface area contributed by atoms with Crippen LogP contribution in [0, 0.1) is 0 Å². The zero-order chi connectivity index (χ0) is 14.5. The second-order valence-electron chi connectivity index (χ2n) is 5.85. The van der Waals surface area contributed by atoms with Crippen LogP contribution in [0.25, 0.3) is 0 Å². The third-order valence-electron chi connectivity index (χ3n) is 4.46. The van der Waals surface area contributed by atoms with Crippen molar-refractivity contribution in [2.24, 2.45) is 0 Å². The van der Waals surface area contributed by atoms with Gasteiger partial charge in [-0.2, -0.15) is 0 Å². The topological polar surface area (TPSA) is 21.3 Å². The van der Waals surface area contributed by atoms with Gasteiger partial charge in [0.05, 0.1) is 7.11 Å². The summed E-state index contributed by atoms with van der Waals surface area (Å²) in [5.41, 5.74) is 2.81. The maximum atomic E-state index is 5.23. The Bertz CT molecular complexity index is 550. The minimum absolute atomic E-state index is 0.636. The highest BCUT2D eigenvalue weighted by Gasteiger charge is 2.25. The van der Waals surface area contributed by atoms with Crippen molar-refractivity contribution in [3.05, 3.63) is 65.7 Å². The van der Waals surface area contributed by atoms with Crippen LogP contribution < -0.4 is 10.1 Å². The van der Waals surface area contributed by atoms with Crippen LogP contribution in [0.5, 0.6) is 5.75 Å². The van der Waals surface area contributed by atoms with Crippen molar-refractivity contribution in [2.45, 2.75) is 37.8 Å². The molecule has 0 radical (unpaired) electrons. The molecule has 2 aromatic carbocycles. The molecule has 1 fully saturated rings. The van der Waals surface area contributed by atoms with Gasteiger partial charge < -0.3 is 10.1 Å². The molecule has 0 heterocycles. The Morgan fingerprint density at radius 3 is 2.48 bits per heavy atom. The first-order valence-electron chi connectivity index (χ1n) is 7.76. The summed E-state index contributed by atoms with van der Waals surface area (Å²) < 4.78 is 5.23. The summed E-state index contributed by atoms with van der Waals surface area (Å²) in [6.07, 6.45) is 3.78. The van der Waals surface area contributed by atoms with Gasteiger partial charge in [-0.25, -0.2) is 0 Å². The number of rotatable bonds is 5. The first-order valence-corrected chi connectivity index (χ1v) is 7.76. The molecule has 1 aliphatic rings. The molecule has 110 valence electrons. The van der Waals surface area contributed by atoms with E-state index in [1.54, 1.807) is 7.11 Å². The first-order chi connectivity index (χ1) is 10.3. The maximum absolute atomic E-state index is 5.23. The van der Waals surface area contributed by atoms with E-state index < -0.39 is 0 Å². The van der Waals surface area contributed by atoms with Gasteiger partial charge in [-0.15, -0.1) is 0 Å². The third-order valence-corrected chi connectivity index (χ3v) is 4.46. The average Bonchev–Trinajstić information content (AvgIpc) is 3.03. The second-order valence-corrected chi connectivity index (χ2v) is 5.85. The first kappa shape index (κ1) is 14.2. The van der Waals surface area contributed by atoms with Crippen molar-refractivity contribution in [1.82, 2.24) is 5.32 Å². The lowest BCUT2D eigenvalue weighted by atomic mass is 9.97. The Kier molecular flexibility index (Phi) is 4.56. The highest BCUT2D eigenvalue weighted by atomic mass is 16.5.